The molecule has 1 fully saturated rings. The van der Waals surface area contributed by atoms with Gasteiger partial charge >= 0.3 is 5.97 Å². The Labute approximate surface area is 538 Å². The van der Waals surface area contributed by atoms with E-state index in [-0.39, 0.29) is 19.4 Å². The van der Waals surface area contributed by atoms with Crippen molar-refractivity contribution in [3.8, 4) is 0 Å². The van der Waals surface area contributed by atoms with Crippen LogP contribution in [0.4, 0.5) is 0 Å². The highest BCUT2D eigenvalue weighted by atomic mass is 16.7. The molecule has 0 bridgehead atoms. The fourth-order valence-electron chi connectivity index (χ4n) is 10.5. The van der Waals surface area contributed by atoms with Gasteiger partial charge in [0, 0.05) is 6.42 Å². The number of amides is 1. The largest absolute Gasteiger partial charge is 0.454 e. The highest BCUT2D eigenvalue weighted by Crippen LogP contribution is 2.26. The summed E-state index contributed by atoms with van der Waals surface area (Å²) >= 11 is 0. The van der Waals surface area contributed by atoms with Gasteiger partial charge in [-0.2, -0.15) is 0 Å². The summed E-state index contributed by atoms with van der Waals surface area (Å²) in [5, 5.41) is 57.3. The topological polar surface area (TPSA) is 175 Å². The Kier molecular flexibility index (Phi) is 59.0. The number of rotatable bonds is 60. The molecule has 0 spiro atoms. The van der Waals surface area contributed by atoms with Gasteiger partial charge in [-0.3, -0.25) is 9.59 Å². The minimum atomic E-state index is -1.63. The molecule has 0 radical (unpaired) electrons. The summed E-state index contributed by atoms with van der Waals surface area (Å²) in [5.74, 6) is -1.21. The summed E-state index contributed by atoms with van der Waals surface area (Å²) in [6.45, 7) is 5.65. The van der Waals surface area contributed by atoms with Crippen molar-refractivity contribution in [3.63, 3.8) is 0 Å². The second-order valence-corrected chi connectivity index (χ2v) is 24.2. The molecule has 0 aromatic carbocycles. The number of aliphatic hydroxyl groups excluding tert-OH is 5. The predicted octanol–water partition coefficient (Wildman–Crippen LogP) is 18.6. The van der Waals surface area contributed by atoms with Gasteiger partial charge in [-0.05, 0) is 116 Å². The van der Waals surface area contributed by atoms with Crippen LogP contribution in [0.25, 0.3) is 0 Å². The zero-order chi connectivity index (χ0) is 63.9. The molecule has 1 amide bonds. The molecule has 1 aliphatic heterocycles. The number of esters is 1. The van der Waals surface area contributed by atoms with Gasteiger partial charge in [0.1, 0.15) is 24.4 Å². The van der Waals surface area contributed by atoms with E-state index < -0.39 is 67.4 Å². The van der Waals surface area contributed by atoms with Crippen LogP contribution in [0.2, 0.25) is 0 Å². The number of carbonyl (C=O) groups excluding carboxylic acids is 2. The summed E-state index contributed by atoms with van der Waals surface area (Å²) in [7, 11) is 0. The second-order valence-electron chi connectivity index (χ2n) is 24.2. The van der Waals surface area contributed by atoms with E-state index in [1.165, 1.54) is 103 Å². The predicted molar refractivity (Wildman–Crippen MR) is 370 cm³/mol. The van der Waals surface area contributed by atoms with E-state index in [2.05, 4.69) is 135 Å². The number of ether oxygens (including phenoxy) is 3. The summed E-state index contributed by atoms with van der Waals surface area (Å²) < 4.78 is 17.7. The van der Waals surface area contributed by atoms with E-state index >= 15 is 0 Å². The third kappa shape index (κ3) is 49.8. The lowest BCUT2D eigenvalue weighted by Gasteiger charge is -2.41. The van der Waals surface area contributed by atoms with Crippen molar-refractivity contribution >= 4 is 11.9 Å². The van der Waals surface area contributed by atoms with Gasteiger partial charge in [-0.15, -0.1) is 0 Å². The number of hydrogen-bond donors (Lipinski definition) is 6. The van der Waals surface area contributed by atoms with Crippen LogP contribution in [0, 0.1) is 0 Å². The van der Waals surface area contributed by atoms with Crippen molar-refractivity contribution in [2.45, 2.75) is 339 Å². The lowest BCUT2D eigenvalue weighted by molar-refractivity contribution is -0.305. The molecule has 88 heavy (non-hydrogen) atoms. The van der Waals surface area contributed by atoms with Crippen LogP contribution in [0.5, 0.6) is 0 Å². The first-order chi connectivity index (χ1) is 43.2. The van der Waals surface area contributed by atoms with Crippen LogP contribution >= 0.6 is 0 Å². The standard InChI is InChI=1S/C77H131NO10/c1-4-7-10-13-16-19-22-25-27-29-31-33-34-35-36-37-39-40-42-44-46-49-52-55-58-61-64-70(81)76(85)78-68(69(80)63-60-57-54-51-48-24-21-18-15-12-9-6-3)67-86-77-75(74(84)73(83)71(66-79)87-77)88-72(82)65-62-59-56-53-50-47-45-43-41-38-32-30-28-26-23-20-17-14-11-8-5-2/h7,10,16-17,19-20,25-28,31-33,35-36,38-40,60,63,68-71,73-75,77,79-81,83-84H,4-6,8-9,11-15,18,21-24,29-30,34,37,41-59,61-62,64-67H2,1-3H3,(H,78,85)/b10-7-,19-16-,20-17-,27-25-,28-26-,33-31-,36-35-,38-32-,40-39-,63-60+. The van der Waals surface area contributed by atoms with Gasteiger partial charge in [0.2, 0.25) is 5.91 Å². The van der Waals surface area contributed by atoms with Crippen LogP contribution < -0.4 is 5.32 Å². The molecule has 6 N–H and O–H groups in total. The quantitative estimate of drug-likeness (QED) is 0.0195. The van der Waals surface area contributed by atoms with Gasteiger partial charge in [0.15, 0.2) is 12.4 Å². The van der Waals surface area contributed by atoms with Gasteiger partial charge in [-0.1, -0.05) is 290 Å². The van der Waals surface area contributed by atoms with Crippen molar-refractivity contribution in [2.75, 3.05) is 13.2 Å². The fraction of sp³-hybridized carbons (Fsp3) is 0.714. The van der Waals surface area contributed by atoms with Gasteiger partial charge < -0.3 is 45.1 Å². The Morgan fingerprint density at radius 2 is 0.818 bits per heavy atom. The molecular formula is C77H131NO10. The monoisotopic (exact) mass is 1230 g/mol. The van der Waals surface area contributed by atoms with Crippen molar-refractivity contribution in [1.82, 2.24) is 5.32 Å². The van der Waals surface area contributed by atoms with E-state index in [4.69, 9.17) is 14.2 Å². The average Bonchev–Trinajstić information content (AvgIpc) is 1.25. The summed E-state index contributed by atoms with van der Waals surface area (Å²) in [5.41, 5.74) is 0. The smallest absolute Gasteiger partial charge is 0.306 e. The Hall–Kier alpha value is -3.94. The molecule has 0 aromatic rings. The van der Waals surface area contributed by atoms with Gasteiger partial charge in [0.25, 0.3) is 0 Å². The molecule has 504 valence electrons. The number of unbranched alkanes of at least 4 members (excludes halogenated alkanes) is 28. The Bertz CT molecular complexity index is 1900. The van der Waals surface area contributed by atoms with E-state index in [1.807, 2.05) is 6.08 Å². The maximum Gasteiger partial charge on any atom is 0.306 e. The zero-order valence-electron chi connectivity index (χ0n) is 56.1. The lowest BCUT2D eigenvalue weighted by atomic mass is 9.99. The first-order valence-corrected chi connectivity index (χ1v) is 35.8. The summed E-state index contributed by atoms with van der Waals surface area (Å²) in [4.78, 5) is 26.7. The van der Waals surface area contributed by atoms with E-state index in [0.29, 0.717) is 12.8 Å². The molecule has 1 saturated heterocycles. The van der Waals surface area contributed by atoms with Crippen LogP contribution in [0.1, 0.15) is 290 Å². The zero-order valence-corrected chi connectivity index (χ0v) is 56.1. The van der Waals surface area contributed by atoms with Gasteiger partial charge in [0.05, 0.1) is 25.4 Å². The average molecular weight is 1230 g/mol. The second kappa shape index (κ2) is 63.2. The third-order valence-electron chi connectivity index (χ3n) is 16.1. The fourth-order valence-corrected chi connectivity index (χ4v) is 10.5. The molecule has 0 aliphatic carbocycles. The highest BCUT2D eigenvalue weighted by Gasteiger charge is 2.47. The maximum absolute atomic E-state index is 13.5. The Morgan fingerprint density at radius 1 is 0.455 bits per heavy atom. The minimum absolute atomic E-state index is 0.109. The number of allylic oxidation sites excluding steroid dienone is 19. The summed E-state index contributed by atoms with van der Waals surface area (Å²) in [6, 6.07) is -1.04. The third-order valence-corrected chi connectivity index (χ3v) is 16.1. The van der Waals surface area contributed by atoms with Crippen molar-refractivity contribution in [1.29, 1.82) is 0 Å². The minimum Gasteiger partial charge on any atom is -0.454 e. The van der Waals surface area contributed by atoms with Crippen molar-refractivity contribution < 1.29 is 49.3 Å². The molecule has 1 heterocycles. The molecule has 0 saturated carbocycles. The first kappa shape index (κ1) is 82.1. The van der Waals surface area contributed by atoms with E-state index in [1.54, 1.807) is 6.08 Å². The molecule has 11 nitrogen and oxygen atoms in total. The number of aliphatic hydroxyl groups is 5. The maximum atomic E-state index is 13.5. The molecule has 0 aromatic heterocycles. The van der Waals surface area contributed by atoms with E-state index in [9.17, 15) is 35.1 Å². The Morgan fingerprint density at radius 3 is 1.25 bits per heavy atom. The van der Waals surface area contributed by atoms with Crippen LogP contribution in [-0.2, 0) is 23.8 Å². The summed E-state index contributed by atoms with van der Waals surface area (Å²) in [6.07, 6.45) is 78.0. The van der Waals surface area contributed by atoms with Crippen molar-refractivity contribution in [2.24, 2.45) is 0 Å². The molecule has 8 unspecified atom stereocenters. The van der Waals surface area contributed by atoms with Crippen molar-refractivity contribution in [3.05, 3.63) is 122 Å². The van der Waals surface area contributed by atoms with Crippen LogP contribution in [-0.4, -0.2) is 99.6 Å². The SMILES string of the molecule is CC/C=C\C/C=C\C/C=C\C/C=C\C/C=C\C/C=C\CCCCCCCCCC(O)C(=O)NC(COC1OC(CO)C(O)C(O)C1OC(=O)CCCCCCCCCC/C=C\C/C=C\C/C=C\CCCCC)C(O)/C=C/CCCCCCCCCCCC. The normalized spacial score (nSPS) is 18.9. The number of nitrogens with one attached hydrogen (secondary N) is 1. The highest BCUT2D eigenvalue weighted by molar-refractivity contribution is 5.80. The Balaban J connectivity index is 2.60. The van der Waals surface area contributed by atoms with Gasteiger partial charge in [-0.25, -0.2) is 0 Å². The molecule has 1 aliphatic rings. The van der Waals surface area contributed by atoms with Crippen LogP contribution in [0.15, 0.2) is 122 Å². The molecule has 1 rings (SSSR count). The number of carbonyl (C=O) groups is 2. The molecule has 11 heteroatoms. The van der Waals surface area contributed by atoms with E-state index in [0.717, 1.165) is 141 Å². The first-order valence-electron chi connectivity index (χ1n) is 35.8. The van der Waals surface area contributed by atoms with Crippen LogP contribution in [0.3, 0.4) is 0 Å². The molecular weight excluding hydrogens is 1100 g/mol. The molecule has 8 atom stereocenters. The number of hydrogen-bond acceptors (Lipinski definition) is 10. The lowest BCUT2D eigenvalue weighted by Crippen LogP contribution is -2.61.